The monoisotopic (exact) mass is 473 g/mol. The molecule has 1 saturated heterocycles. The highest BCUT2D eigenvalue weighted by Crippen LogP contribution is 2.32. The smallest absolute Gasteiger partial charge is 0.309 e. The van der Waals surface area contributed by atoms with Crippen molar-refractivity contribution in [3.05, 3.63) is 53.6 Å². The van der Waals surface area contributed by atoms with E-state index < -0.39 is 21.9 Å². The lowest BCUT2D eigenvalue weighted by Crippen LogP contribution is -2.40. The van der Waals surface area contributed by atoms with Crippen molar-refractivity contribution in [2.24, 2.45) is 5.92 Å². The molecule has 2 heterocycles. The van der Waals surface area contributed by atoms with Crippen LogP contribution in [0.4, 0.5) is 0 Å². The molecule has 9 heteroatoms. The van der Waals surface area contributed by atoms with E-state index in [0.717, 1.165) is 5.56 Å². The molecular formula is C24H27NO7S. The van der Waals surface area contributed by atoms with E-state index in [1.165, 1.54) is 4.31 Å². The SMILES string of the molecule is CC(C)c1ccc(S(=O)(=O)N2CCC(C(=O)OCC(=O)c3ccc4c(c3)OCO4)CC2)cc1. The summed E-state index contributed by atoms with van der Waals surface area (Å²) in [5.41, 5.74) is 1.45. The summed E-state index contributed by atoms with van der Waals surface area (Å²) in [6.45, 7) is 4.29. The molecule has 0 bridgehead atoms. The second-order valence-corrected chi connectivity index (χ2v) is 10.4. The first-order valence-corrected chi connectivity index (χ1v) is 12.4. The van der Waals surface area contributed by atoms with Gasteiger partial charge < -0.3 is 14.2 Å². The van der Waals surface area contributed by atoms with Crippen LogP contribution in [0.5, 0.6) is 11.5 Å². The highest BCUT2D eigenvalue weighted by molar-refractivity contribution is 7.89. The second-order valence-electron chi connectivity index (χ2n) is 8.50. The predicted molar refractivity (Wildman–Crippen MR) is 120 cm³/mol. The molecule has 33 heavy (non-hydrogen) atoms. The number of rotatable bonds is 7. The number of sulfonamides is 1. The highest BCUT2D eigenvalue weighted by Gasteiger charge is 2.33. The van der Waals surface area contributed by atoms with Crippen LogP contribution in [-0.2, 0) is 19.6 Å². The van der Waals surface area contributed by atoms with Gasteiger partial charge in [-0.3, -0.25) is 9.59 Å². The van der Waals surface area contributed by atoms with Crippen molar-refractivity contribution in [2.45, 2.75) is 37.5 Å². The number of Topliss-reactive ketones (excluding diaryl/α,β-unsaturated/α-hetero) is 1. The van der Waals surface area contributed by atoms with Crippen LogP contribution in [0.2, 0.25) is 0 Å². The molecule has 0 spiro atoms. The maximum Gasteiger partial charge on any atom is 0.309 e. The standard InChI is InChI=1S/C24H27NO7S/c1-16(2)17-3-6-20(7-4-17)33(28,29)25-11-9-18(10-12-25)24(27)30-14-21(26)19-5-8-22-23(13-19)32-15-31-22/h3-8,13,16,18H,9-12,14-15H2,1-2H3. The number of carbonyl (C=O) groups is 2. The van der Waals surface area contributed by atoms with Gasteiger partial charge in [-0.25, -0.2) is 8.42 Å². The average molecular weight is 474 g/mol. The van der Waals surface area contributed by atoms with Gasteiger partial charge in [0.25, 0.3) is 0 Å². The number of carbonyl (C=O) groups excluding carboxylic acids is 2. The van der Waals surface area contributed by atoms with Crippen LogP contribution in [0.1, 0.15) is 48.5 Å². The fraction of sp³-hybridized carbons (Fsp3) is 0.417. The van der Waals surface area contributed by atoms with Crippen LogP contribution in [0, 0.1) is 5.92 Å². The fourth-order valence-electron chi connectivity index (χ4n) is 3.91. The van der Waals surface area contributed by atoms with Crippen molar-refractivity contribution in [1.29, 1.82) is 0 Å². The minimum absolute atomic E-state index is 0.111. The zero-order chi connectivity index (χ0) is 23.6. The molecule has 2 aromatic carbocycles. The molecule has 2 aliphatic rings. The van der Waals surface area contributed by atoms with Gasteiger partial charge in [0.05, 0.1) is 10.8 Å². The summed E-state index contributed by atoms with van der Waals surface area (Å²) in [5, 5.41) is 0. The molecule has 2 aliphatic heterocycles. The Morgan fingerprint density at radius 1 is 1.03 bits per heavy atom. The molecular weight excluding hydrogens is 446 g/mol. The van der Waals surface area contributed by atoms with Crippen molar-refractivity contribution >= 4 is 21.8 Å². The number of ether oxygens (including phenoxy) is 3. The molecule has 0 unspecified atom stereocenters. The number of benzene rings is 2. The van der Waals surface area contributed by atoms with Crippen LogP contribution in [0.15, 0.2) is 47.4 Å². The molecule has 0 amide bonds. The third-order valence-electron chi connectivity index (χ3n) is 6.01. The van der Waals surface area contributed by atoms with Gasteiger partial charge in [0.2, 0.25) is 16.8 Å². The topological polar surface area (TPSA) is 99.2 Å². The summed E-state index contributed by atoms with van der Waals surface area (Å²) in [6, 6.07) is 11.7. The van der Waals surface area contributed by atoms with Crippen molar-refractivity contribution < 1.29 is 32.2 Å². The minimum Gasteiger partial charge on any atom is -0.457 e. The number of hydrogen-bond donors (Lipinski definition) is 0. The minimum atomic E-state index is -3.62. The van der Waals surface area contributed by atoms with Gasteiger partial charge in [0, 0.05) is 18.7 Å². The Morgan fingerprint density at radius 2 is 1.70 bits per heavy atom. The van der Waals surface area contributed by atoms with Crippen LogP contribution in [-0.4, -0.2) is 51.0 Å². The number of ketones is 1. The van der Waals surface area contributed by atoms with Gasteiger partial charge in [-0.2, -0.15) is 4.31 Å². The molecule has 8 nitrogen and oxygen atoms in total. The molecule has 0 N–H and O–H groups in total. The van der Waals surface area contributed by atoms with Crippen LogP contribution < -0.4 is 9.47 Å². The lowest BCUT2D eigenvalue weighted by atomic mass is 9.98. The third kappa shape index (κ3) is 5.04. The molecule has 0 radical (unpaired) electrons. The van der Waals surface area contributed by atoms with Gasteiger partial charge in [0.15, 0.2) is 23.9 Å². The second kappa shape index (κ2) is 9.52. The maximum atomic E-state index is 12.9. The van der Waals surface area contributed by atoms with Gasteiger partial charge in [-0.05, 0) is 54.7 Å². The van der Waals surface area contributed by atoms with E-state index >= 15 is 0 Å². The van der Waals surface area contributed by atoms with E-state index in [1.54, 1.807) is 30.3 Å². The quantitative estimate of drug-likeness (QED) is 0.449. The maximum absolute atomic E-state index is 12.9. The lowest BCUT2D eigenvalue weighted by molar-refractivity contribution is -0.148. The molecule has 0 atom stereocenters. The van der Waals surface area contributed by atoms with Crippen molar-refractivity contribution in [1.82, 2.24) is 4.31 Å². The lowest BCUT2D eigenvalue weighted by Gasteiger charge is -2.30. The van der Waals surface area contributed by atoms with Gasteiger partial charge >= 0.3 is 5.97 Å². The first kappa shape index (κ1) is 23.3. The zero-order valence-electron chi connectivity index (χ0n) is 18.7. The molecule has 176 valence electrons. The zero-order valence-corrected chi connectivity index (χ0v) is 19.5. The molecule has 0 saturated carbocycles. The molecule has 4 rings (SSSR count). The van der Waals surface area contributed by atoms with Crippen molar-refractivity contribution in [3.8, 4) is 11.5 Å². The first-order chi connectivity index (χ1) is 15.8. The van der Waals surface area contributed by atoms with Crippen LogP contribution in [0.25, 0.3) is 0 Å². The summed E-state index contributed by atoms with van der Waals surface area (Å²) in [6.07, 6.45) is 0.695. The van der Waals surface area contributed by atoms with Crippen molar-refractivity contribution in [3.63, 3.8) is 0 Å². The third-order valence-corrected chi connectivity index (χ3v) is 7.92. The van der Waals surface area contributed by atoms with Crippen molar-refractivity contribution in [2.75, 3.05) is 26.5 Å². The Hall–Kier alpha value is -2.91. The van der Waals surface area contributed by atoms with Gasteiger partial charge in [-0.1, -0.05) is 26.0 Å². The van der Waals surface area contributed by atoms with Gasteiger partial charge in [0.1, 0.15) is 0 Å². The van der Waals surface area contributed by atoms with E-state index in [4.69, 9.17) is 14.2 Å². The van der Waals surface area contributed by atoms with E-state index in [2.05, 4.69) is 13.8 Å². The normalized spacial score (nSPS) is 16.7. The summed E-state index contributed by atoms with van der Waals surface area (Å²) in [4.78, 5) is 25.1. The Morgan fingerprint density at radius 3 is 2.36 bits per heavy atom. The Balaban J connectivity index is 1.29. The van der Waals surface area contributed by atoms with E-state index in [1.807, 2.05) is 12.1 Å². The number of hydrogen-bond acceptors (Lipinski definition) is 7. The van der Waals surface area contributed by atoms with E-state index in [9.17, 15) is 18.0 Å². The average Bonchev–Trinajstić information content (AvgIpc) is 3.30. The fourth-order valence-corrected chi connectivity index (χ4v) is 5.38. The Bertz CT molecular complexity index is 1130. The predicted octanol–water partition coefficient (Wildman–Crippen LogP) is 3.37. The summed E-state index contributed by atoms with van der Waals surface area (Å²) in [7, 11) is -3.62. The molecule has 1 fully saturated rings. The Labute approximate surface area is 193 Å². The van der Waals surface area contributed by atoms with Gasteiger partial charge in [-0.15, -0.1) is 0 Å². The number of piperidine rings is 1. The molecule has 2 aromatic rings. The summed E-state index contributed by atoms with van der Waals surface area (Å²) in [5.74, 6) is 0.111. The largest absolute Gasteiger partial charge is 0.457 e. The van der Waals surface area contributed by atoms with E-state index in [0.29, 0.717) is 35.8 Å². The Kier molecular flexibility index (Phi) is 6.71. The molecule has 0 aromatic heterocycles. The van der Waals surface area contributed by atoms with Crippen LogP contribution >= 0.6 is 0 Å². The number of esters is 1. The van der Waals surface area contributed by atoms with E-state index in [-0.39, 0.29) is 37.2 Å². The number of nitrogens with zero attached hydrogens (tertiary/aromatic N) is 1. The number of fused-ring (bicyclic) bond motifs is 1. The summed E-state index contributed by atoms with van der Waals surface area (Å²) >= 11 is 0. The molecule has 0 aliphatic carbocycles. The summed E-state index contributed by atoms with van der Waals surface area (Å²) < 4.78 is 43.0. The first-order valence-electron chi connectivity index (χ1n) is 11.0. The highest BCUT2D eigenvalue weighted by atomic mass is 32.2. The van der Waals surface area contributed by atoms with Crippen LogP contribution in [0.3, 0.4) is 0 Å².